The second kappa shape index (κ2) is 4.26. The first-order valence-electron chi connectivity index (χ1n) is 6.29. The minimum atomic E-state index is -3.22. The fourth-order valence-electron chi connectivity index (χ4n) is 2.99. The largest absolute Gasteiger partial charge is 0.377 e. The Bertz CT molecular complexity index is 585. The Hall–Kier alpha value is -0.990. The highest BCUT2D eigenvalue weighted by atomic mass is 32.2. The molecule has 3 heterocycles. The molecule has 0 radical (unpaired) electrons. The van der Waals surface area contributed by atoms with Crippen molar-refractivity contribution in [2.45, 2.75) is 31.3 Å². The molecule has 7 nitrogen and oxygen atoms in total. The van der Waals surface area contributed by atoms with Crippen molar-refractivity contribution < 1.29 is 17.7 Å². The van der Waals surface area contributed by atoms with Crippen molar-refractivity contribution in [1.82, 2.24) is 14.4 Å². The molecule has 106 valence electrons. The summed E-state index contributed by atoms with van der Waals surface area (Å²) in [6.07, 6.45) is 2.57. The van der Waals surface area contributed by atoms with Crippen LogP contribution in [0.2, 0.25) is 0 Å². The van der Waals surface area contributed by atoms with Crippen LogP contribution in [0.1, 0.15) is 24.6 Å². The zero-order chi connectivity index (χ0) is 13.7. The number of nitrogens with zero attached hydrogens (tertiary/aromatic N) is 3. The summed E-state index contributed by atoms with van der Waals surface area (Å²) >= 11 is 0. The first-order valence-corrected chi connectivity index (χ1v) is 8.14. The highest BCUT2D eigenvalue weighted by molar-refractivity contribution is 7.88. The van der Waals surface area contributed by atoms with Crippen molar-refractivity contribution in [2.75, 3.05) is 26.0 Å². The second-order valence-corrected chi connectivity index (χ2v) is 7.28. The fraction of sp³-hybridized carbons (Fsp3) is 0.818. The van der Waals surface area contributed by atoms with Crippen molar-refractivity contribution in [1.29, 1.82) is 0 Å². The van der Waals surface area contributed by atoms with E-state index in [1.54, 1.807) is 6.92 Å². The average molecular weight is 287 g/mol. The summed E-state index contributed by atoms with van der Waals surface area (Å²) < 4.78 is 36.1. The summed E-state index contributed by atoms with van der Waals surface area (Å²) in [5.41, 5.74) is -0.484. The normalized spacial score (nSPS) is 32.4. The van der Waals surface area contributed by atoms with Crippen LogP contribution < -0.4 is 0 Å². The molecule has 2 fully saturated rings. The molecule has 0 spiro atoms. The van der Waals surface area contributed by atoms with Crippen molar-refractivity contribution in [2.24, 2.45) is 0 Å². The molecule has 1 aromatic rings. The standard InChI is InChI=1S/C11H17N3O4S/c1-8-12-10(18-13-8)11-4-6-17-9(11)3-5-14(7-11)19(2,15)16/h9H,3-7H2,1-2H3/t9-,11-/m0/s1. The van der Waals surface area contributed by atoms with Crippen LogP contribution in [0.25, 0.3) is 0 Å². The van der Waals surface area contributed by atoms with E-state index >= 15 is 0 Å². The van der Waals surface area contributed by atoms with Crippen LogP contribution in [-0.4, -0.2) is 54.9 Å². The summed E-state index contributed by atoms with van der Waals surface area (Å²) in [6.45, 7) is 3.20. The van der Waals surface area contributed by atoms with E-state index in [1.807, 2.05) is 0 Å². The smallest absolute Gasteiger partial charge is 0.236 e. The topological polar surface area (TPSA) is 85.5 Å². The lowest BCUT2D eigenvalue weighted by Gasteiger charge is -2.39. The number of sulfonamides is 1. The Balaban J connectivity index is 1.99. The van der Waals surface area contributed by atoms with Crippen molar-refractivity contribution in [3.8, 4) is 0 Å². The van der Waals surface area contributed by atoms with Gasteiger partial charge in [-0.15, -0.1) is 0 Å². The molecule has 2 saturated heterocycles. The molecule has 1 aromatic heterocycles. The van der Waals surface area contributed by atoms with E-state index in [-0.39, 0.29) is 6.10 Å². The molecule has 0 N–H and O–H groups in total. The maximum Gasteiger partial charge on any atom is 0.236 e. The van der Waals surface area contributed by atoms with Crippen molar-refractivity contribution in [3.05, 3.63) is 11.7 Å². The number of fused-ring (bicyclic) bond motifs is 1. The molecule has 8 heteroatoms. The maximum absolute atomic E-state index is 11.8. The molecule has 2 aliphatic rings. The van der Waals surface area contributed by atoms with Gasteiger partial charge >= 0.3 is 0 Å². The van der Waals surface area contributed by atoms with Gasteiger partial charge in [-0.2, -0.15) is 4.98 Å². The lowest BCUT2D eigenvalue weighted by atomic mass is 9.77. The van der Waals surface area contributed by atoms with E-state index in [2.05, 4.69) is 10.1 Å². The highest BCUT2D eigenvalue weighted by Gasteiger charge is 2.54. The predicted molar refractivity (Wildman–Crippen MR) is 66.1 cm³/mol. The van der Waals surface area contributed by atoms with Gasteiger partial charge in [0.1, 0.15) is 0 Å². The van der Waals surface area contributed by atoms with Gasteiger partial charge in [0.25, 0.3) is 0 Å². The Labute approximate surface area is 112 Å². The van der Waals surface area contributed by atoms with Crippen molar-refractivity contribution in [3.63, 3.8) is 0 Å². The molecule has 0 bridgehead atoms. The Morgan fingerprint density at radius 1 is 1.47 bits per heavy atom. The molecule has 0 amide bonds. The molecule has 3 rings (SSSR count). The average Bonchev–Trinajstić information content (AvgIpc) is 2.93. The minimum absolute atomic E-state index is 0.0367. The van der Waals surface area contributed by atoms with E-state index < -0.39 is 15.4 Å². The number of piperidine rings is 1. The number of rotatable bonds is 2. The quantitative estimate of drug-likeness (QED) is 0.765. The molecule has 0 aromatic carbocycles. The fourth-order valence-corrected chi connectivity index (χ4v) is 3.90. The van der Waals surface area contributed by atoms with Gasteiger partial charge in [-0.3, -0.25) is 0 Å². The molecule has 2 aliphatic heterocycles. The van der Waals surface area contributed by atoms with Crippen LogP contribution in [0.3, 0.4) is 0 Å². The monoisotopic (exact) mass is 287 g/mol. The van der Waals surface area contributed by atoms with Gasteiger partial charge in [-0.25, -0.2) is 12.7 Å². The van der Waals surface area contributed by atoms with E-state index in [4.69, 9.17) is 9.26 Å². The van der Waals surface area contributed by atoms with Crippen LogP contribution in [0.4, 0.5) is 0 Å². The van der Waals surface area contributed by atoms with E-state index in [1.165, 1.54) is 10.6 Å². The van der Waals surface area contributed by atoms with Gasteiger partial charge in [0, 0.05) is 19.7 Å². The van der Waals surface area contributed by atoms with Crippen LogP contribution in [0.15, 0.2) is 4.52 Å². The third-order valence-corrected chi connectivity index (χ3v) is 5.25. The third-order valence-electron chi connectivity index (χ3n) is 4.01. The Kier molecular flexibility index (Phi) is 2.91. The lowest BCUT2D eigenvalue weighted by Crippen LogP contribution is -2.54. The van der Waals surface area contributed by atoms with Gasteiger partial charge in [0.05, 0.1) is 17.8 Å². The zero-order valence-electron chi connectivity index (χ0n) is 11.0. The summed E-state index contributed by atoms with van der Waals surface area (Å²) in [4.78, 5) is 4.31. The number of hydrogen-bond acceptors (Lipinski definition) is 6. The van der Waals surface area contributed by atoms with E-state index in [9.17, 15) is 8.42 Å². The number of ether oxygens (including phenoxy) is 1. The lowest BCUT2D eigenvalue weighted by molar-refractivity contribution is 0.0278. The SMILES string of the molecule is Cc1noc([C@]23CCO[C@H]2CCN(S(C)(=O)=O)C3)n1. The molecular formula is C11H17N3O4S. The predicted octanol–water partition coefficient (Wildman–Crippen LogP) is 0.0700. The van der Waals surface area contributed by atoms with Gasteiger partial charge in [0.15, 0.2) is 5.82 Å². The summed E-state index contributed by atoms with van der Waals surface area (Å²) in [7, 11) is -3.22. The number of aryl methyl sites for hydroxylation is 1. The first kappa shape index (κ1) is 13.0. The van der Waals surface area contributed by atoms with Crippen LogP contribution in [0.5, 0.6) is 0 Å². The number of hydrogen-bond donors (Lipinski definition) is 0. The van der Waals surface area contributed by atoms with Gasteiger partial charge < -0.3 is 9.26 Å². The molecular weight excluding hydrogens is 270 g/mol. The number of aromatic nitrogens is 2. The Morgan fingerprint density at radius 3 is 2.89 bits per heavy atom. The zero-order valence-corrected chi connectivity index (χ0v) is 11.8. The summed E-state index contributed by atoms with van der Waals surface area (Å²) in [5.74, 6) is 1.06. The second-order valence-electron chi connectivity index (χ2n) is 5.30. The molecule has 0 aliphatic carbocycles. The van der Waals surface area contributed by atoms with Gasteiger partial charge in [-0.1, -0.05) is 5.16 Å². The van der Waals surface area contributed by atoms with Gasteiger partial charge in [-0.05, 0) is 19.8 Å². The molecule has 0 saturated carbocycles. The Morgan fingerprint density at radius 2 is 2.26 bits per heavy atom. The summed E-state index contributed by atoms with van der Waals surface area (Å²) in [6, 6.07) is 0. The molecule has 2 atom stereocenters. The first-order chi connectivity index (χ1) is 8.92. The third kappa shape index (κ3) is 2.07. The highest BCUT2D eigenvalue weighted by Crippen LogP contribution is 2.43. The van der Waals surface area contributed by atoms with E-state index in [0.29, 0.717) is 44.3 Å². The van der Waals surface area contributed by atoms with Crippen molar-refractivity contribution >= 4 is 10.0 Å². The van der Waals surface area contributed by atoms with Crippen LogP contribution >= 0.6 is 0 Å². The molecule has 19 heavy (non-hydrogen) atoms. The van der Waals surface area contributed by atoms with Gasteiger partial charge in [0.2, 0.25) is 15.9 Å². The van der Waals surface area contributed by atoms with Crippen LogP contribution in [-0.2, 0) is 20.2 Å². The molecule has 0 unspecified atom stereocenters. The minimum Gasteiger partial charge on any atom is -0.377 e. The van der Waals surface area contributed by atoms with E-state index in [0.717, 1.165) is 0 Å². The summed E-state index contributed by atoms with van der Waals surface area (Å²) in [5, 5.41) is 3.82. The van der Waals surface area contributed by atoms with Crippen LogP contribution in [0, 0.1) is 6.92 Å². The maximum atomic E-state index is 11.8.